The number of amides is 1. The van der Waals surface area contributed by atoms with Gasteiger partial charge in [-0.2, -0.15) is 57.1 Å². The van der Waals surface area contributed by atoms with E-state index in [1.54, 1.807) is 0 Å². The molecule has 15 heteroatoms. The summed E-state index contributed by atoms with van der Waals surface area (Å²) in [7, 11) is 0. The molecule has 0 heterocycles. The molecular formula is C14H14F13NO. The fourth-order valence-electron chi connectivity index (χ4n) is 1.93. The Labute approximate surface area is 155 Å². The Hall–Kier alpha value is -1.70. The van der Waals surface area contributed by atoms with Crippen LogP contribution in [0.2, 0.25) is 0 Å². The summed E-state index contributed by atoms with van der Waals surface area (Å²) in [6.07, 6.45) is -7.69. The summed E-state index contributed by atoms with van der Waals surface area (Å²) >= 11 is 0. The topological polar surface area (TPSA) is 20.3 Å². The molecule has 0 saturated carbocycles. The van der Waals surface area contributed by atoms with E-state index >= 15 is 0 Å². The molecule has 0 aliphatic rings. The molecule has 0 bridgehead atoms. The van der Waals surface area contributed by atoms with E-state index in [0.717, 1.165) is 6.92 Å². The van der Waals surface area contributed by atoms with Gasteiger partial charge in [-0.3, -0.25) is 4.79 Å². The van der Waals surface area contributed by atoms with Crippen molar-refractivity contribution < 1.29 is 61.9 Å². The minimum Gasteiger partial charge on any atom is -0.333 e. The summed E-state index contributed by atoms with van der Waals surface area (Å²) < 4.78 is 169. The molecule has 0 aliphatic carbocycles. The second-order valence-electron chi connectivity index (χ2n) is 6.01. The Bertz CT molecular complexity index is 623. The van der Waals surface area contributed by atoms with Crippen molar-refractivity contribution in [2.75, 3.05) is 13.1 Å². The number of hydrogen-bond acceptors (Lipinski definition) is 1. The highest BCUT2D eigenvalue weighted by atomic mass is 19.4. The molecule has 0 saturated heterocycles. The Balaban J connectivity index is 6.28. The first-order chi connectivity index (χ1) is 12.5. The molecule has 0 spiro atoms. The highest BCUT2D eigenvalue weighted by Crippen LogP contribution is 2.60. The second-order valence-corrected chi connectivity index (χ2v) is 6.01. The van der Waals surface area contributed by atoms with E-state index < -0.39 is 60.4 Å². The quantitative estimate of drug-likeness (QED) is 0.328. The van der Waals surface area contributed by atoms with E-state index in [2.05, 4.69) is 6.58 Å². The summed E-state index contributed by atoms with van der Waals surface area (Å²) in [5.74, 6) is -38.8. The molecule has 0 atom stereocenters. The van der Waals surface area contributed by atoms with Gasteiger partial charge >= 0.3 is 35.8 Å². The van der Waals surface area contributed by atoms with Crippen molar-refractivity contribution in [1.82, 2.24) is 4.90 Å². The Kier molecular flexibility index (Phi) is 7.39. The summed E-state index contributed by atoms with van der Waals surface area (Å²) in [4.78, 5) is 11.4. The van der Waals surface area contributed by atoms with Gasteiger partial charge < -0.3 is 4.90 Å². The first-order valence-corrected chi connectivity index (χ1v) is 7.43. The predicted octanol–water partition coefficient (Wildman–Crippen LogP) is 5.54. The lowest BCUT2D eigenvalue weighted by atomic mass is 9.93. The van der Waals surface area contributed by atoms with E-state index in [0.29, 0.717) is 0 Å². The van der Waals surface area contributed by atoms with Crippen LogP contribution in [0.5, 0.6) is 0 Å². The molecule has 172 valence electrons. The standard InChI is InChI=1S/C14H14F13NO/c1-4-5-28(8(29)7(2)3)6-9(15,16)10(17,18)11(19,20)12(21,22)13(23,24)14(25,26)27/h2,4-6H2,1,3H3. The maximum absolute atomic E-state index is 13.8. The van der Waals surface area contributed by atoms with Crippen molar-refractivity contribution in [2.45, 2.75) is 56.1 Å². The van der Waals surface area contributed by atoms with Gasteiger partial charge in [0.1, 0.15) is 0 Å². The van der Waals surface area contributed by atoms with Crippen LogP contribution in [0, 0.1) is 0 Å². The van der Waals surface area contributed by atoms with Gasteiger partial charge in [-0.15, -0.1) is 0 Å². The van der Waals surface area contributed by atoms with Gasteiger partial charge in [-0.25, -0.2) is 0 Å². The monoisotopic (exact) mass is 459 g/mol. The van der Waals surface area contributed by atoms with Gasteiger partial charge in [0.05, 0.1) is 6.54 Å². The van der Waals surface area contributed by atoms with E-state index in [1.165, 1.54) is 6.92 Å². The summed E-state index contributed by atoms with van der Waals surface area (Å²) in [6.45, 7) is 1.62. The number of hydrogen-bond donors (Lipinski definition) is 0. The van der Waals surface area contributed by atoms with Crippen LogP contribution >= 0.6 is 0 Å². The maximum atomic E-state index is 13.8. The van der Waals surface area contributed by atoms with Crippen molar-refractivity contribution in [3.8, 4) is 0 Å². The van der Waals surface area contributed by atoms with Gasteiger partial charge in [0.15, 0.2) is 0 Å². The number of alkyl halides is 13. The van der Waals surface area contributed by atoms with Crippen LogP contribution in [-0.2, 0) is 4.79 Å². The third-order valence-electron chi connectivity index (χ3n) is 3.53. The van der Waals surface area contributed by atoms with Crippen LogP contribution in [0.3, 0.4) is 0 Å². The molecule has 0 aliphatic heterocycles. The molecule has 29 heavy (non-hydrogen) atoms. The van der Waals surface area contributed by atoms with E-state index in [4.69, 9.17) is 0 Å². The van der Waals surface area contributed by atoms with Crippen molar-refractivity contribution in [3.05, 3.63) is 12.2 Å². The van der Waals surface area contributed by atoms with Crippen molar-refractivity contribution >= 4 is 5.91 Å². The molecule has 0 N–H and O–H groups in total. The largest absolute Gasteiger partial charge is 0.460 e. The molecule has 0 aromatic carbocycles. The molecule has 0 aromatic heterocycles. The molecule has 1 amide bonds. The first kappa shape index (κ1) is 27.3. The minimum absolute atomic E-state index is 0.202. The highest BCUT2D eigenvalue weighted by Gasteiger charge is 2.90. The normalized spacial score (nSPS) is 14.7. The lowest BCUT2D eigenvalue weighted by molar-refractivity contribution is -0.440. The van der Waals surface area contributed by atoms with Gasteiger partial charge in [-0.05, 0) is 13.3 Å². The fraction of sp³-hybridized carbons (Fsp3) is 0.786. The fourth-order valence-corrected chi connectivity index (χ4v) is 1.93. The summed E-state index contributed by atoms with van der Waals surface area (Å²) in [6, 6.07) is 0. The van der Waals surface area contributed by atoms with Gasteiger partial charge in [0, 0.05) is 12.1 Å². The van der Waals surface area contributed by atoms with Gasteiger partial charge in [0.2, 0.25) is 5.91 Å². The SMILES string of the molecule is C=C(C)C(=O)N(CCC)CC(F)(F)C(F)(F)C(F)(F)C(F)(F)C(F)(F)C(F)(F)F. The summed E-state index contributed by atoms with van der Waals surface area (Å²) in [5.41, 5.74) is -0.557. The lowest BCUT2D eigenvalue weighted by Gasteiger charge is -2.40. The number of carbonyl (C=O) groups is 1. The van der Waals surface area contributed by atoms with E-state index in [-0.39, 0.29) is 11.3 Å². The second kappa shape index (κ2) is 7.85. The molecular weight excluding hydrogens is 445 g/mol. The Morgan fingerprint density at radius 2 is 1.14 bits per heavy atom. The average Bonchev–Trinajstić information content (AvgIpc) is 2.51. The van der Waals surface area contributed by atoms with Crippen LogP contribution in [0.25, 0.3) is 0 Å². The number of carbonyl (C=O) groups excluding carboxylic acids is 1. The van der Waals surface area contributed by atoms with Crippen molar-refractivity contribution in [2.24, 2.45) is 0 Å². The van der Waals surface area contributed by atoms with Crippen LogP contribution in [0.4, 0.5) is 57.1 Å². The predicted molar refractivity (Wildman–Crippen MR) is 72.5 cm³/mol. The minimum atomic E-state index is -7.96. The first-order valence-electron chi connectivity index (χ1n) is 7.43. The van der Waals surface area contributed by atoms with Crippen LogP contribution < -0.4 is 0 Å². The van der Waals surface area contributed by atoms with Crippen molar-refractivity contribution in [1.29, 1.82) is 0 Å². The van der Waals surface area contributed by atoms with Crippen LogP contribution in [-0.4, -0.2) is 59.7 Å². The molecule has 0 fully saturated rings. The number of rotatable bonds is 9. The Morgan fingerprint density at radius 3 is 1.45 bits per heavy atom. The zero-order chi connectivity index (χ0) is 23.9. The number of nitrogens with zero attached hydrogens (tertiary/aromatic N) is 1. The lowest BCUT2D eigenvalue weighted by Crippen LogP contribution is -2.71. The summed E-state index contributed by atoms with van der Waals surface area (Å²) in [5, 5.41) is 0. The van der Waals surface area contributed by atoms with E-state index in [9.17, 15) is 61.9 Å². The molecule has 0 unspecified atom stereocenters. The zero-order valence-electron chi connectivity index (χ0n) is 14.6. The van der Waals surface area contributed by atoms with Crippen LogP contribution in [0.1, 0.15) is 20.3 Å². The van der Waals surface area contributed by atoms with Crippen molar-refractivity contribution in [3.63, 3.8) is 0 Å². The number of halogens is 13. The molecule has 0 radical (unpaired) electrons. The average molecular weight is 459 g/mol. The van der Waals surface area contributed by atoms with E-state index in [1.807, 2.05) is 0 Å². The highest BCUT2D eigenvalue weighted by molar-refractivity contribution is 5.92. The maximum Gasteiger partial charge on any atom is 0.460 e. The third-order valence-corrected chi connectivity index (χ3v) is 3.53. The Morgan fingerprint density at radius 1 is 0.759 bits per heavy atom. The van der Waals surface area contributed by atoms with Crippen LogP contribution in [0.15, 0.2) is 12.2 Å². The smallest absolute Gasteiger partial charge is 0.333 e. The molecule has 0 aromatic rings. The van der Waals surface area contributed by atoms with Gasteiger partial charge in [-0.1, -0.05) is 13.5 Å². The molecule has 2 nitrogen and oxygen atoms in total. The van der Waals surface area contributed by atoms with Gasteiger partial charge in [0.25, 0.3) is 0 Å². The zero-order valence-corrected chi connectivity index (χ0v) is 14.6. The molecule has 0 rings (SSSR count). The third kappa shape index (κ3) is 4.42.